The molecule has 0 aliphatic carbocycles. The molecule has 0 bridgehead atoms. The highest BCUT2D eigenvalue weighted by Crippen LogP contribution is 2.25. The van der Waals surface area contributed by atoms with Gasteiger partial charge in [-0.25, -0.2) is 0 Å². The van der Waals surface area contributed by atoms with Gasteiger partial charge in [0, 0.05) is 23.5 Å². The molecule has 2 aromatic rings. The van der Waals surface area contributed by atoms with Crippen molar-refractivity contribution in [2.24, 2.45) is 0 Å². The predicted molar refractivity (Wildman–Crippen MR) is 81.6 cm³/mol. The summed E-state index contributed by atoms with van der Waals surface area (Å²) in [4.78, 5) is 11.8. The third kappa shape index (κ3) is 5.74. The van der Waals surface area contributed by atoms with Gasteiger partial charge < -0.3 is 15.8 Å². The molecule has 0 radical (unpaired) electrons. The molecule has 2 rings (SSSR count). The number of ether oxygens (including phenoxy) is 1. The van der Waals surface area contributed by atoms with E-state index in [0.717, 1.165) is 17.7 Å². The minimum absolute atomic E-state index is 0.193. The van der Waals surface area contributed by atoms with Crippen LogP contribution in [0, 0.1) is 0 Å². The zero-order chi connectivity index (χ0) is 16.9. The highest BCUT2D eigenvalue weighted by Gasteiger charge is 2.31. The minimum atomic E-state index is -4.78. The molecule has 120 valence electrons. The fourth-order valence-corrected chi connectivity index (χ4v) is 1.73. The van der Waals surface area contributed by atoms with Gasteiger partial charge in [-0.05, 0) is 35.9 Å². The number of hydrogen-bond donors (Lipinski definition) is 2. The van der Waals surface area contributed by atoms with Gasteiger partial charge in [0.2, 0.25) is 5.91 Å². The number of carbonyl (C=O) groups excluding carboxylic acids is 1. The summed E-state index contributed by atoms with van der Waals surface area (Å²) in [6, 6.07) is 11.9. The first-order chi connectivity index (χ1) is 10.8. The molecule has 0 unspecified atom stereocenters. The molecule has 2 aromatic carbocycles. The Kier molecular flexibility index (Phi) is 4.90. The number of anilines is 2. The van der Waals surface area contributed by atoms with Gasteiger partial charge in [-0.2, -0.15) is 0 Å². The third-order valence-electron chi connectivity index (χ3n) is 2.70. The van der Waals surface area contributed by atoms with Gasteiger partial charge in [-0.3, -0.25) is 4.79 Å². The van der Waals surface area contributed by atoms with Crippen LogP contribution >= 0.6 is 0 Å². The number of nitrogens with two attached hydrogens (primary N) is 1. The van der Waals surface area contributed by atoms with Crippen molar-refractivity contribution in [1.82, 2.24) is 0 Å². The number of nitrogen functional groups attached to an aromatic ring is 1. The molecule has 3 N–H and O–H groups in total. The topological polar surface area (TPSA) is 64.4 Å². The van der Waals surface area contributed by atoms with Crippen molar-refractivity contribution >= 4 is 23.4 Å². The summed E-state index contributed by atoms with van der Waals surface area (Å²) in [7, 11) is 0. The molecule has 0 atom stereocenters. The van der Waals surface area contributed by atoms with Gasteiger partial charge in [-0.15, -0.1) is 13.2 Å². The fraction of sp³-hybridized carbons (Fsp3) is 0.0625. The second kappa shape index (κ2) is 6.87. The third-order valence-corrected chi connectivity index (χ3v) is 2.70. The van der Waals surface area contributed by atoms with Crippen LogP contribution in [0.15, 0.2) is 54.6 Å². The van der Waals surface area contributed by atoms with Crippen molar-refractivity contribution in [1.29, 1.82) is 0 Å². The standard InChI is InChI=1S/C16H13F3N2O2/c17-16(18,19)23-14-3-1-2-13(10-14)21-15(22)9-6-11-4-7-12(20)8-5-11/h1-10H,20H2,(H,21,22)/b9-6+. The molecule has 0 fully saturated rings. The van der Waals surface area contributed by atoms with Crippen LogP contribution in [0.5, 0.6) is 5.75 Å². The Balaban J connectivity index is 2.00. The Morgan fingerprint density at radius 1 is 1.13 bits per heavy atom. The number of halogens is 3. The fourth-order valence-electron chi connectivity index (χ4n) is 1.73. The van der Waals surface area contributed by atoms with E-state index >= 15 is 0 Å². The predicted octanol–water partition coefficient (Wildman–Crippen LogP) is 3.82. The van der Waals surface area contributed by atoms with Gasteiger partial charge in [-0.1, -0.05) is 18.2 Å². The first-order valence-corrected chi connectivity index (χ1v) is 6.52. The molecule has 23 heavy (non-hydrogen) atoms. The van der Waals surface area contributed by atoms with E-state index in [2.05, 4.69) is 10.1 Å². The number of nitrogens with one attached hydrogen (secondary N) is 1. The van der Waals surface area contributed by atoms with Crippen LogP contribution in [0.1, 0.15) is 5.56 Å². The highest BCUT2D eigenvalue weighted by atomic mass is 19.4. The number of hydrogen-bond acceptors (Lipinski definition) is 3. The van der Waals surface area contributed by atoms with Gasteiger partial charge in [0.05, 0.1) is 0 Å². The number of carbonyl (C=O) groups is 1. The van der Waals surface area contributed by atoms with Crippen LogP contribution in [0.4, 0.5) is 24.5 Å². The highest BCUT2D eigenvalue weighted by molar-refractivity contribution is 6.02. The first-order valence-electron chi connectivity index (χ1n) is 6.52. The first kappa shape index (κ1) is 16.4. The van der Waals surface area contributed by atoms with E-state index < -0.39 is 18.0 Å². The Hall–Kier alpha value is -2.96. The van der Waals surface area contributed by atoms with E-state index in [4.69, 9.17) is 5.73 Å². The van der Waals surface area contributed by atoms with Crippen molar-refractivity contribution in [3.63, 3.8) is 0 Å². The largest absolute Gasteiger partial charge is 0.573 e. The lowest BCUT2D eigenvalue weighted by atomic mass is 10.2. The second-order valence-electron chi connectivity index (χ2n) is 4.56. The quantitative estimate of drug-likeness (QED) is 0.664. The molecule has 0 saturated carbocycles. The number of alkyl halides is 3. The zero-order valence-electron chi connectivity index (χ0n) is 11.8. The van der Waals surface area contributed by atoms with Crippen LogP contribution in [0.25, 0.3) is 6.08 Å². The van der Waals surface area contributed by atoms with Gasteiger partial charge in [0.1, 0.15) is 5.75 Å². The van der Waals surface area contributed by atoms with Crippen molar-refractivity contribution < 1.29 is 22.7 Å². The molecule has 0 spiro atoms. The summed E-state index contributed by atoms with van der Waals surface area (Å²) in [5.41, 5.74) is 7.11. The lowest BCUT2D eigenvalue weighted by Crippen LogP contribution is -2.17. The summed E-state index contributed by atoms with van der Waals surface area (Å²) in [6.07, 6.45) is -1.95. The van der Waals surface area contributed by atoms with Crippen LogP contribution in [0.2, 0.25) is 0 Å². The average molecular weight is 322 g/mol. The maximum absolute atomic E-state index is 12.1. The lowest BCUT2D eigenvalue weighted by molar-refractivity contribution is -0.274. The summed E-state index contributed by atoms with van der Waals surface area (Å²) < 4.78 is 40.2. The second-order valence-corrected chi connectivity index (χ2v) is 4.56. The molecule has 1 amide bonds. The summed E-state index contributed by atoms with van der Waals surface area (Å²) in [5, 5.41) is 2.45. The van der Waals surface area contributed by atoms with Crippen LogP contribution in [-0.4, -0.2) is 12.3 Å². The van der Waals surface area contributed by atoms with Crippen LogP contribution < -0.4 is 15.8 Å². The minimum Gasteiger partial charge on any atom is -0.406 e. The van der Waals surface area contributed by atoms with E-state index in [-0.39, 0.29) is 5.69 Å². The maximum Gasteiger partial charge on any atom is 0.573 e. The summed E-state index contributed by atoms with van der Waals surface area (Å²) in [6.45, 7) is 0. The smallest absolute Gasteiger partial charge is 0.406 e. The van der Waals surface area contributed by atoms with E-state index in [0.29, 0.717) is 5.69 Å². The summed E-state index contributed by atoms with van der Waals surface area (Å²) >= 11 is 0. The number of rotatable bonds is 4. The molecule has 7 heteroatoms. The Labute approximate surface area is 130 Å². The molecule has 4 nitrogen and oxygen atoms in total. The molecular weight excluding hydrogens is 309 g/mol. The monoisotopic (exact) mass is 322 g/mol. The van der Waals surface area contributed by atoms with E-state index in [9.17, 15) is 18.0 Å². The molecule has 0 aliphatic rings. The normalized spacial score (nSPS) is 11.4. The van der Waals surface area contributed by atoms with Crippen molar-refractivity contribution in [3.05, 3.63) is 60.2 Å². The van der Waals surface area contributed by atoms with Gasteiger partial charge in [0.25, 0.3) is 0 Å². The van der Waals surface area contributed by atoms with Crippen LogP contribution in [-0.2, 0) is 4.79 Å². The SMILES string of the molecule is Nc1ccc(/C=C/C(=O)Nc2cccc(OC(F)(F)F)c2)cc1. The van der Waals surface area contributed by atoms with Crippen LogP contribution in [0.3, 0.4) is 0 Å². The Morgan fingerprint density at radius 2 is 1.83 bits per heavy atom. The average Bonchev–Trinajstić information content (AvgIpc) is 2.45. The summed E-state index contributed by atoms with van der Waals surface area (Å²) in [5.74, 6) is -0.885. The zero-order valence-corrected chi connectivity index (χ0v) is 11.8. The van der Waals surface area contributed by atoms with Crippen molar-refractivity contribution in [2.75, 3.05) is 11.1 Å². The van der Waals surface area contributed by atoms with Crippen molar-refractivity contribution in [3.8, 4) is 5.75 Å². The molecule has 0 saturated heterocycles. The van der Waals surface area contributed by atoms with Gasteiger partial charge >= 0.3 is 6.36 Å². The Bertz CT molecular complexity index is 710. The number of amides is 1. The Morgan fingerprint density at radius 3 is 2.48 bits per heavy atom. The lowest BCUT2D eigenvalue weighted by Gasteiger charge is -2.10. The molecule has 0 aromatic heterocycles. The van der Waals surface area contributed by atoms with Gasteiger partial charge in [0.15, 0.2) is 0 Å². The van der Waals surface area contributed by atoms with E-state index in [1.54, 1.807) is 30.3 Å². The van der Waals surface area contributed by atoms with E-state index in [1.165, 1.54) is 18.2 Å². The molecule has 0 aliphatic heterocycles. The molecule has 0 heterocycles. The molecular formula is C16H13F3N2O2. The number of benzene rings is 2. The van der Waals surface area contributed by atoms with E-state index in [1.807, 2.05) is 0 Å². The van der Waals surface area contributed by atoms with Crippen molar-refractivity contribution in [2.45, 2.75) is 6.36 Å². The maximum atomic E-state index is 12.1.